The first-order valence-electron chi connectivity index (χ1n) is 9.30. The smallest absolute Gasteiger partial charge is 0.255 e. The predicted octanol–water partition coefficient (Wildman–Crippen LogP) is 5.99. The molecular weight excluding hydrogens is 310 g/mol. The number of carbonyl (C=O) groups is 1. The van der Waals surface area contributed by atoms with Crippen LogP contribution in [0.2, 0.25) is 0 Å². The molecule has 0 saturated carbocycles. The van der Waals surface area contributed by atoms with Crippen LogP contribution in [0.3, 0.4) is 0 Å². The molecule has 25 heavy (non-hydrogen) atoms. The average Bonchev–Trinajstić information content (AvgIpc) is 2.61. The Morgan fingerprint density at radius 3 is 2.40 bits per heavy atom. The van der Waals surface area contributed by atoms with Crippen LogP contribution in [-0.4, -0.2) is 12.5 Å². The maximum atomic E-state index is 12.3. The molecule has 2 rings (SSSR count). The van der Waals surface area contributed by atoms with E-state index in [4.69, 9.17) is 4.74 Å². The van der Waals surface area contributed by atoms with E-state index in [1.807, 2.05) is 55.5 Å². The molecule has 134 valence electrons. The van der Waals surface area contributed by atoms with Crippen molar-refractivity contribution in [3.8, 4) is 5.75 Å². The minimum atomic E-state index is -0.104. The van der Waals surface area contributed by atoms with Crippen molar-refractivity contribution in [2.24, 2.45) is 0 Å². The molecule has 3 heteroatoms. The van der Waals surface area contributed by atoms with Gasteiger partial charge in [-0.3, -0.25) is 4.79 Å². The second kappa shape index (κ2) is 10.5. The Balaban J connectivity index is 1.74. The van der Waals surface area contributed by atoms with E-state index in [1.54, 1.807) is 0 Å². The van der Waals surface area contributed by atoms with Crippen LogP contribution in [0, 0.1) is 6.92 Å². The first-order chi connectivity index (χ1) is 12.2. The molecule has 0 unspecified atom stereocenters. The lowest BCUT2D eigenvalue weighted by molar-refractivity contribution is 0.102. The summed E-state index contributed by atoms with van der Waals surface area (Å²) in [6.45, 7) is 4.97. The van der Waals surface area contributed by atoms with Gasteiger partial charge in [-0.2, -0.15) is 0 Å². The summed E-state index contributed by atoms with van der Waals surface area (Å²) < 4.78 is 5.75. The van der Waals surface area contributed by atoms with E-state index >= 15 is 0 Å². The lowest BCUT2D eigenvalue weighted by Gasteiger charge is -2.08. The Kier molecular flexibility index (Phi) is 8.03. The average molecular weight is 339 g/mol. The van der Waals surface area contributed by atoms with Crippen LogP contribution in [0.1, 0.15) is 61.4 Å². The van der Waals surface area contributed by atoms with Crippen molar-refractivity contribution >= 4 is 11.6 Å². The molecule has 0 bridgehead atoms. The van der Waals surface area contributed by atoms with Gasteiger partial charge in [0, 0.05) is 11.3 Å². The number of nitrogens with one attached hydrogen (secondary N) is 1. The predicted molar refractivity (Wildman–Crippen MR) is 104 cm³/mol. The Morgan fingerprint density at radius 1 is 0.960 bits per heavy atom. The lowest BCUT2D eigenvalue weighted by Crippen LogP contribution is -2.11. The molecule has 2 aromatic rings. The Morgan fingerprint density at radius 2 is 1.68 bits per heavy atom. The van der Waals surface area contributed by atoms with Gasteiger partial charge in [0.1, 0.15) is 5.75 Å². The summed E-state index contributed by atoms with van der Waals surface area (Å²) in [5.41, 5.74) is 2.57. The van der Waals surface area contributed by atoms with Crippen LogP contribution >= 0.6 is 0 Å². The highest BCUT2D eigenvalue weighted by molar-refractivity contribution is 6.04. The molecule has 0 spiro atoms. The number of hydrogen-bond acceptors (Lipinski definition) is 2. The number of benzene rings is 2. The van der Waals surface area contributed by atoms with Gasteiger partial charge in [0.05, 0.1) is 6.61 Å². The van der Waals surface area contributed by atoms with Gasteiger partial charge in [0.2, 0.25) is 0 Å². The lowest BCUT2D eigenvalue weighted by atomic mass is 10.1. The minimum absolute atomic E-state index is 0.104. The normalized spacial score (nSPS) is 10.5. The van der Waals surface area contributed by atoms with E-state index in [0.29, 0.717) is 5.56 Å². The fourth-order valence-corrected chi connectivity index (χ4v) is 2.70. The molecule has 0 heterocycles. The number of rotatable bonds is 10. The summed E-state index contributed by atoms with van der Waals surface area (Å²) >= 11 is 0. The topological polar surface area (TPSA) is 38.3 Å². The third-order valence-electron chi connectivity index (χ3n) is 4.16. The molecule has 0 aliphatic rings. The summed E-state index contributed by atoms with van der Waals surface area (Å²) in [5, 5.41) is 2.92. The van der Waals surface area contributed by atoms with Crippen molar-refractivity contribution in [3.63, 3.8) is 0 Å². The molecule has 3 nitrogen and oxygen atoms in total. The zero-order valence-corrected chi connectivity index (χ0v) is 15.4. The van der Waals surface area contributed by atoms with Crippen molar-refractivity contribution in [2.75, 3.05) is 11.9 Å². The number of aryl methyl sites for hydroxylation is 1. The third kappa shape index (κ3) is 7.00. The molecule has 0 saturated heterocycles. The van der Waals surface area contributed by atoms with Crippen molar-refractivity contribution in [1.29, 1.82) is 0 Å². The Labute approximate surface area is 151 Å². The fourth-order valence-electron chi connectivity index (χ4n) is 2.70. The molecule has 0 aromatic heterocycles. The number of amides is 1. The minimum Gasteiger partial charge on any atom is -0.494 e. The molecule has 0 atom stereocenters. The van der Waals surface area contributed by atoms with Crippen molar-refractivity contribution in [1.82, 2.24) is 0 Å². The molecule has 0 aliphatic carbocycles. The summed E-state index contributed by atoms with van der Waals surface area (Å²) in [4.78, 5) is 12.3. The van der Waals surface area contributed by atoms with Gasteiger partial charge in [-0.1, -0.05) is 51.2 Å². The van der Waals surface area contributed by atoms with Crippen molar-refractivity contribution in [3.05, 3.63) is 59.7 Å². The molecular formula is C22H29NO2. The maximum absolute atomic E-state index is 12.3. The van der Waals surface area contributed by atoms with E-state index in [2.05, 4.69) is 12.2 Å². The number of unbranched alkanes of at least 4 members (excludes halogenated alkanes) is 5. The zero-order chi connectivity index (χ0) is 17.9. The quantitative estimate of drug-likeness (QED) is 0.540. The van der Waals surface area contributed by atoms with Crippen LogP contribution in [0.15, 0.2) is 48.5 Å². The second-order valence-electron chi connectivity index (χ2n) is 6.46. The van der Waals surface area contributed by atoms with E-state index in [9.17, 15) is 4.79 Å². The van der Waals surface area contributed by atoms with Crippen LogP contribution < -0.4 is 10.1 Å². The monoisotopic (exact) mass is 339 g/mol. The van der Waals surface area contributed by atoms with Gasteiger partial charge in [-0.25, -0.2) is 0 Å². The summed E-state index contributed by atoms with van der Waals surface area (Å²) in [7, 11) is 0. The Hall–Kier alpha value is -2.29. The molecule has 0 fully saturated rings. The van der Waals surface area contributed by atoms with Crippen LogP contribution in [0.5, 0.6) is 5.75 Å². The summed E-state index contributed by atoms with van der Waals surface area (Å²) in [5.74, 6) is 0.716. The standard InChI is InChI=1S/C22H29NO2/c1-3-4-5-6-7-8-16-25-21-14-12-19(13-15-21)22(24)23-20-11-9-10-18(2)17-20/h9-15,17H,3-8,16H2,1-2H3,(H,23,24). The molecule has 1 N–H and O–H groups in total. The highest BCUT2D eigenvalue weighted by Gasteiger charge is 2.06. The highest BCUT2D eigenvalue weighted by atomic mass is 16.5. The van der Waals surface area contributed by atoms with Gasteiger partial charge in [0.25, 0.3) is 5.91 Å². The molecule has 0 radical (unpaired) electrons. The van der Waals surface area contributed by atoms with Crippen LogP contribution in [0.4, 0.5) is 5.69 Å². The fraction of sp³-hybridized carbons (Fsp3) is 0.409. The van der Waals surface area contributed by atoms with Gasteiger partial charge in [-0.05, 0) is 55.3 Å². The van der Waals surface area contributed by atoms with Gasteiger partial charge in [-0.15, -0.1) is 0 Å². The maximum Gasteiger partial charge on any atom is 0.255 e. The molecule has 0 aliphatic heterocycles. The van der Waals surface area contributed by atoms with Crippen LogP contribution in [-0.2, 0) is 0 Å². The van der Waals surface area contributed by atoms with Crippen molar-refractivity contribution in [2.45, 2.75) is 52.4 Å². The number of anilines is 1. The molecule has 2 aromatic carbocycles. The van der Waals surface area contributed by atoms with E-state index in [-0.39, 0.29) is 5.91 Å². The number of hydrogen-bond donors (Lipinski definition) is 1. The van der Waals surface area contributed by atoms with Gasteiger partial charge in [0.15, 0.2) is 0 Å². The SMILES string of the molecule is CCCCCCCCOc1ccc(C(=O)Nc2cccc(C)c2)cc1. The number of ether oxygens (including phenoxy) is 1. The van der Waals surface area contributed by atoms with Gasteiger partial charge >= 0.3 is 0 Å². The van der Waals surface area contributed by atoms with E-state index in [0.717, 1.165) is 30.0 Å². The zero-order valence-electron chi connectivity index (χ0n) is 15.4. The largest absolute Gasteiger partial charge is 0.494 e. The summed E-state index contributed by atoms with van der Waals surface area (Å²) in [6.07, 6.45) is 7.51. The van der Waals surface area contributed by atoms with Crippen molar-refractivity contribution < 1.29 is 9.53 Å². The number of carbonyl (C=O) groups excluding carboxylic acids is 1. The first kappa shape index (κ1) is 19.0. The summed E-state index contributed by atoms with van der Waals surface area (Å²) in [6, 6.07) is 15.1. The third-order valence-corrected chi connectivity index (χ3v) is 4.16. The Bertz CT molecular complexity index is 649. The van der Waals surface area contributed by atoms with Gasteiger partial charge < -0.3 is 10.1 Å². The second-order valence-corrected chi connectivity index (χ2v) is 6.46. The van der Waals surface area contributed by atoms with E-state index in [1.165, 1.54) is 32.1 Å². The van der Waals surface area contributed by atoms with Crippen LogP contribution in [0.25, 0.3) is 0 Å². The first-order valence-corrected chi connectivity index (χ1v) is 9.30. The molecule has 1 amide bonds. The highest BCUT2D eigenvalue weighted by Crippen LogP contribution is 2.16. The van der Waals surface area contributed by atoms with E-state index < -0.39 is 0 Å².